The molecular formula is C17H15F2NO. The Kier molecular flexibility index (Phi) is 3.47. The summed E-state index contributed by atoms with van der Waals surface area (Å²) in [5, 5.41) is 9.68. The van der Waals surface area contributed by atoms with E-state index in [1.54, 1.807) is 6.07 Å². The minimum Gasteiger partial charge on any atom is -0.390 e. The van der Waals surface area contributed by atoms with Crippen molar-refractivity contribution in [3.8, 4) is 0 Å². The molecule has 4 heteroatoms. The van der Waals surface area contributed by atoms with Crippen LogP contribution in [0.3, 0.4) is 0 Å². The number of aliphatic hydroxyl groups excluding tert-OH is 1. The first-order valence-electron chi connectivity index (χ1n) is 6.70. The van der Waals surface area contributed by atoms with E-state index in [-0.39, 0.29) is 6.61 Å². The molecule has 1 heterocycles. The second-order valence-corrected chi connectivity index (χ2v) is 5.12. The lowest BCUT2D eigenvalue weighted by molar-refractivity contribution is 0.270. The number of hydrogen-bond acceptors (Lipinski definition) is 2. The van der Waals surface area contributed by atoms with E-state index in [0.717, 1.165) is 22.8 Å². The quantitative estimate of drug-likeness (QED) is 0.917. The molecule has 0 amide bonds. The van der Waals surface area contributed by atoms with Gasteiger partial charge in [0.1, 0.15) is 0 Å². The Bertz CT molecular complexity index is 724. The van der Waals surface area contributed by atoms with Crippen LogP contribution < -0.4 is 0 Å². The zero-order valence-corrected chi connectivity index (χ0v) is 11.6. The summed E-state index contributed by atoms with van der Waals surface area (Å²) in [4.78, 5) is 1.93. The monoisotopic (exact) mass is 287 g/mol. The number of aliphatic hydroxyl groups is 1. The summed E-state index contributed by atoms with van der Waals surface area (Å²) in [6.07, 6.45) is 0. The maximum absolute atomic E-state index is 13.6. The highest BCUT2D eigenvalue weighted by Crippen LogP contribution is 2.35. The number of benzene rings is 2. The van der Waals surface area contributed by atoms with Gasteiger partial charge in [0, 0.05) is 24.9 Å². The smallest absolute Gasteiger partial charge is 0.159 e. The van der Waals surface area contributed by atoms with Crippen LogP contribution in [0.1, 0.15) is 16.7 Å². The van der Waals surface area contributed by atoms with Crippen LogP contribution in [0.5, 0.6) is 0 Å². The lowest BCUT2D eigenvalue weighted by Gasteiger charge is -2.32. The predicted molar refractivity (Wildman–Crippen MR) is 77.4 cm³/mol. The van der Waals surface area contributed by atoms with Crippen molar-refractivity contribution in [1.82, 2.24) is 4.90 Å². The molecule has 0 fully saturated rings. The van der Waals surface area contributed by atoms with Crippen LogP contribution in [-0.2, 0) is 6.54 Å². The molecule has 21 heavy (non-hydrogen) atoms. The zero-order valence-electron chi connectivity index (χ0n) is 11.6. The van der Waals surface area contributed by atoms with Gasteiger partial charge in [-0.3, -0.25) is 0 Å². The summed E-state index contributed by atoms with van der Waals surface area (Å²) in [5.41, 5.74) is 4.07. The van der Waals surface area contributed by atoms with Crippen molar-refractivity contribution in [2.75, 3.05) is 13.7 Å². The third-order valence-electron chi connectivity index (χ3n) is 3.80. The Labute approximate surface area is 122 Å². The molecule has 0 aromatic heterocycles. The van der Waals surface area contributed by atoms with Crippen LogP contribution in [0, 0.1) is 11.6 Å². The molecule has 1 aliphatic rings. The zero-order chi connectivity index (χ0) is 15.0. The molecule has 0 unspecified atom stereocenters. The van der Waals surface area contributed by atoms with Gasteiger partial charge in [-0.1, -0.05) is 30.3 Å². The van der Waals surface area contributed by atoms with Crippen LogP contribution in [0.2, 0.25) is 0 Å². The van der Waals surface area contributed by atoms with Crippen molar-refractivity contribution < 1.29 is 13.9 Å². The molecule has 0 bridgehead atoms. The number of hydrogen-bond donors (Lipinski definition) is 1. The van der Waals surface area contributed by atoms with E-state index in [9.17, 15) is 13.9 Å². The molecule has 0 radical (unpaired) electrons. The number of fused-ring (bicyclic) bond motifs is 1. The summed E-state index contributed by atoms with van der Waals surface area (Å²) in [7, 11) is 1.88. The lowest BCUT2D eigenvalue weighted by atomic mass is 9.89. The van der Waals surface area contributed by atoms with Gasteiger partial charge in [0.15, 0.2) is 11.6 Å². The molecule has 0 spiro atoms. The minimum absolute atomic E-state index is 0.154. The number of halogens is 2. The van der Waals surface area contributed by atoms with E-state index in [1.807, 2.05) is 36.2 Å². The molecule has 0 atom stereocenters. The highest BCUT2D eigenvalue weighted by Gasteiger charge is 2.23. The van der Waals surface area contributed by atoms with Gasteiger partial charge in [-0.25, -0.2) is 8.78 Å². The molecule has 0 saturated heterocycles. The third-order valence-corrected chi connectivity index (χ3v) is 3.80. The molecule has 0 saturated carbocycles. The molecule has 3 rings (SSSR count). The van der Waals surface area contributed by atoms with Crippen LogP contribution in [0.15, 0.2) is 48.2 Å². The normalized spacial score (nSPS) is 14.4. The molecule has 2 aromatic carbocycles. The summed E-state index contributed by atoms with van der Waals surface area (Å²) in [5.74, 6) is -1.76. The summed E-state index contributed by atoms with van der Waals surface area (Å²) >= 11 is 0. The van der Waals surface area contributed by atoms with E-state index in [2.05, 4.69) is 0 Å². The standard InChI is InChI=1S/C17H15F2NO/c1-20-9-12-4-2-3-5-13(12)17(16(20)10-21)11-6-7-14(18)15(19)8-11/h2-8,21H,9-10H2,1H3. The Balaban J connectivity index is 2.26. The SMILES string of the molecule is CN1Cc2ccccc2C(c2ccc(F)c(F)c2)=C1CO. The highest BCUT2D eigenvalue weighted by molar-refractivity contribution is 5.84. The van der Waals surface area contributed by atoms with Crippen molar-refractivity contribution in [3.05, 3.63) is 76.5 Å². The number of rotatable bonds is 2. The fourth-order valence-electron chi connectivity index (χ4n) is 2.77. The first-order valence-corrected chi connectivity index (χ1v) is 6.70. The van der Waals surface area contributed by atoms with Crippen LogP contribution >= 0.6 is 0 Å². The summed E-state index contributed by atoms with van der Waals surface area (Å²) in [6, 6.07) is 11.6. The summed E-state index contributed by atoms with van der Waals surface area (Å²) < 4.78 is 26.7. The van der Waals surface area contributed by atoms with Crippen molar-refractivity contribution in [2.24, 2.45) is 0 Å². The molecule has 108 valence electrons. The Morgan fingerprint density at radius 3 is 2.57 bits per heavy atom. The molecular weight excluding hydrogens is 272 g/mol. The molecule has 1 aliphatic heterocycles. The highest BCUT2D eigenvalue weighted by atomic mass is 19.2. The van der Waals surface area contributed by atoms with Crippen LogP contribution in [-0.4, -0.2) is 23.7 Å². The number of likely N-dealkylation sites (N-methyl/N-ethyl adjacent to an activating group) is 1. The largest absolute Gasteiger partial charge is 0.390 e. The van der Waals surface area contributed by atoms with Crippen molar-refractivity contribution >= 4 is 5.57 Å². The maximum atomic E-state index is 13.6. The minimum atomic E-state index is -0.886. The van der Waals surface area contributed by atoms with Crippen molar-refractivity contribution in [1.29, 1.82) is 0 Å². The predicted octanol–water partition coefficient (Wildman–Crippen LogP) is 3.16. The van der Waals surface area contributed by atoms with Gasteiger partial charge in [-0.15, -0.1) is 0 Å². The van der Waals surface area contributed by atoms with E-state index in [0.29, 0.717) is 17.8 Å². The van der Waals surface area contributed by atoms with Gasteiger partial charge in [-0.2, -0.15) is 0 Å². The van der Waals surface area contributed by atoms with E-state index >= 15 is 0 Å². The first-order chi connectivity index (χ1) is 10.1. The number of nitrogens with zero attached hydrogens (tertiary/aromatic N) is 1. The fraction of sp³-hybridized carbons (Fsp3) is 0.176. The fourth-order valence-corrected chi connectivity index (χ4v) is 2.77. The molecule has 0 aliphatic carbocycles. The molecule has 2 nitrogen and oxygen atoms in total. The van der Waals surface area contributed by atoms with Gasteiger partial charge in [-0.05, 0) is 28.8 Å². The van der Waals surface area contributed by atoms with Crippen LogP contribution in [0.4, 0.5) is 8.78 Å². The van der Waals surface area contributed by atoms with E-state index in [4.69, 9.17) is 0 Å². The third kappa shape index (κ3) is 2.32. The Morgan fingerprint density at radius 2 is 1.86 bits per heavy atom. The Hall–Kier alpha value is -2.20. The Morgan fingerprint density at radius 1 is 1.10 bits per heavy atom. The topological polar surface area (TPSA) is 23.5 Å². The van der Waals surface area contributed by atoms with E-state index < -0.39 is 11.6 Å². The molecule has 2 aromatic rings. The van der Waals surface area contributed by atoms with Gasteiger partial charge in [0.05, 0.1) is 6.61 Å². The van der Waals surface area contributed by atoms with Gasteiger partial charge >= 0.3 is 0 Å². The summed E-state index contributed by atoms with van der Waals surface area (Å²) in [6.45, 7) is 0.526. The average Bonchev–Trinajstić information content (AvgIpc) is 2.48. The second kappa shape index (κ2) is 5.30. The van der Waals surface area contributed by atoms with Crippen molar-refractivity contribution in [2.45, 2.75) is 6.54 Å². The second-order valence-electron chi connectivity index (χ2n) is 5.12. The maximum Gasteiger partial charge on any atom is 0.159 e. The van der Waals surface area contributed by atoms with E-state index in [1.165, 1.54) is 6.07 Å². The van der Waals surface area contributed by atoms with Gasteiger partial charge in [0.2, 0.25) is 0 Å². The van der Waals surface area contributed by atoms with Crippen molar-refractivity contribution in [3.63, 3.8) is 0 Å². The van der Waals surface area contributed by atoms with Gasteiger partial charge in [0.25, 0.3) is 0 Å². The first kappa shape index (κ1) is 13.8. The van der Waals surface area contributed by atoms with Gasteiger partial charge < -0.3 is 10.0 Å². The van der Waals surface area contributed by atoms with Crippen LogP contribution in [0.25, 0.3) is 5.57 Å². The average molecular weight is 287 g/mol. The molecule has 1 N–H and O–H groups in total. The lowest BCUT2D eigenvalue weighted by Crippen LogP contribution is -2.26.